The lowest BCUT2D eigenvalue weighted by Gasteiger charge is -2.21. The maximum Gasteiger partial charge on any atom is 0.230 e. The van der Waals surface area contributed by atoms with Crippen molar-refractivity contribution in [2.45, 2.75) is 63.9 Å². The molecule has 0 radical (unpaired) electrons. The molecule has 10 nitrogen and oxygen atoms in total. The topological polar surface area (TPSA) is 136 Å². The first-order valence-electron chi connectivity index (χ1n) is 7.00. The molecule has 0 atom stereocenters. The first-order valence-corrected chi connectivity index (χ1v) is 7.00. The first kappa shape index (κ1) is 21.6. The maximum absolute atomic E-state index is 8.51. The number of hydrogen-bond donors (Lipinski definition) is 4. The minimum atomic E-state index is -1.43. The molecule has 22 heavy (non-hydrogen) atoms. The Kier molecular flexibility index (Phi) is 11.9. The lowest BCUT2D eigenvalue weighted by Crippen LogP contribution is -2.30. The number of hydrogen-bond acceptors (Lipinski definition) is 10. The van der Waals surface area contributed by atoms with Gasteiger partial charge in [-0.1, -0.05) is 0 Å². The molecule has 0 aliphatic rings. The SMILES string of the molecule is CC(CCCCOOCCCCC(C)(OO)OO)(OO)OO. The lowest BCUT2D eigenvalue weighted by molar-refractivity contribution is -0.482. The van der Waals surface area contributed by atoms with Crippen LogP contribution in [0.15, 0.2) is 0 Å². The molecule has 134 valence electrons. The molecule has 0 aromatic heterocycles. The van der Waals surface area contributed by atoms with E-state index in [0.29, 0.717) is 38.9 Å². The van der Waals surface area contributed by atoms with Gasteiger partial charge in [-0.25, -0.2) is 50.4 Å². The predicted molar refractivity (Wildman–Crippen MR) is 71.3 cm³/mol. The van der Waals surface area contributed by atoms with E-state index in [4.69, 9.17) is 30.8 Å². The van der Waals surface area contributed by atoms with Crippen LogP contribution in [-0.4, -0.2) is 45.8 Å². The van der Waals surface area contributed by atoms with E-state index in [1.54, 1.807) is 0 Å². The monoisotopic (exact) mass is 330 g/mol. The van der Waals surface area contributed by atoms with Crippen molar-refractivity contribution in [1.82, 2.24) is 0 Å². The van der Waals surface area contributed by atoms with E-state index in [-0.39, 0.29) is 12.8 Å². The van der Waals surface area contributed by atoms with Gasteiger partial charge in [0.05, 0.1) is 13.2 Å². The molecule has 0 spiro atoms. The van der Waals surface area contributed by atoms with Crippen LogP contribution in [0, 0.1) is 0 Å². The second kappa shape index (κ2) is 12.1. The van der Waals surface area contributed by atoms with Crippen molar-refractivity contribution in [3.8, 4) is 0 Å². The van der Waals surface area contributed by atoms with Crippen molar-refractivity contribution in [2.75, 3.05) is 13.2 Å². The third-order valence-corrected chi connectivity index (χ3v) is 3.07. The molecule has 4 N–H and O–H groups in total. The van der Waals surface area contributed by atoms with Crippen molar-refractivity contribution >= 4 is 0 Å². The Balaban J connectivity index is 3.41. The smallest absolute Gasteiger partial charge is 0.230 e. The van der Waals surface area contributed by atoms with Crippen LogP contribution in [-0.2, 0) is 29.3 Å². The van der Waals surface area contributed by atoms with E-state index in [1.165, 1.54) is 13.8 Å². The standard InChI is InChI=1S/C12H26O10/c1-11(19-13,20-14)7-3-5-9-17-18-10-6-4-8-12(2,21-15)22-16/h13-16H,3-10H2,1-2H3. The van der Waals surface area contributed by atoms with Gasteiger partial charge in [0.25, 0.3) is 0 Å². The summed E-state index contributed by atoms with van der Waals surface area (Å²) in [4.78, 5) is 25.9. The van der Waals surface area contributed by atoms with Crippen LogP contribution in [0.3, 0.4) is 0 Å². The highest BCUT2D eigenvalue weighted by Crippen LogP contribution is 2.19. The summed E-state index contributed by atoms with van der Waals surface area (Å²) in [6.45, 7) is 3.46. The molecule has 0 aliphatic heterocycles. The second-order valence-corrected chi connectivity index (χ2v) is 5.19. The molecule has 10 heteroatoms. The predicted octanol–water partition coefficient (Wildman–Crippen LogP) is 2.67. The third kappa shape index (κ3) is 9.58. The Morgan fingerprint density at radius 3 is 1.18 bits per heavy atom. The highest BCUT2D eigenvalue weighted by molar-refractivity contribution is 4.59. The largest absolute Gasteiger partial charge is 0.249 e. The summed E-state index contributed by atoms with van der Waals surface area (Å²) < 4.78 is 0. The van der Waals surface area contributed by atoms with Gasteiger partial charge < -0.3 is 0 Å². The van der Waals surface area contributed by atoms with Crippen LogP contribution in [0.1, 0.15) is 52.4 Å². The molecular weight excluding hydrogens is 304 g/mol. The van der Waals surface area contributed by atoms with Gasteiger partial charge in [0.2, 0.25) is 11.6 Å². The van der Waals surface area contributed by atoms with E-state index in [9.17, 15) is 0 Å². The zero-order valence-electron chi connectivity index (χ0n) is 12.9. The van der Waals surface area contributed by atoms with Crippen LogP contribution in [0.2, 0.25) is 0 Å². The van der Waals surface area contributed by atoms with E-state index in [0.717, 1.165) is 0 Å². The highest BCUT2D eigenvalue weighted by atomic mass is 17.2. The average molecular weight is 330 g/mol. The van der Waals surface area contributed by atoms with Crippen LogP contribution >= 0.6 is 0 Å². The van der Waals surface area contributed by atoms with E-state index in [2.05, 4.69) is 19.6 Å². The van der Waals surface area contributed by atoms with Gasteiger partial charge in [0.1, 0.15) is 0 Å². The Labute approximate surface area is 128 Å². The van der Waals surface area contributed by atoms with Crippen molar-refractivity contribution in [2.24, 2.45) is 0 Å². The van der Waals surface area contributed by atoms with Gasteiger partial charge in [-0.05, 0) is 39.5 Å². The Bertz CT molecular complexity index is 228. The van der Waals surface area contributed by atoms with Crippen LogP contribution in [0.25, 0.3) is 0 Å². The van der Waals surface area contributed by atoms with Gasteiger partial charge in [-0.3, -0.25) is 0 Å². The quantitative estimate of drug-likeness (QED) is 0.153. The summed E-state index contributed by atoms with van der Waals surface area (Å²) >= 11 is 0. The zero-order valence-corrected chi connectivity index (χ0v) is 12.9. The minimum absolute atomic E-state index is 0.282. The van der Waals surface area contributed by atoms with Gasteiger partial charge in [0, 0.05) is 12.8 Å². The minimum Gasteiger partial charge on any atom is -0.249 e. The van der Waals surface area contributed by atoms with E-state index in [1.807, 2.05) is 0 Å². The van der Waals surface area contributed by atoms with Crippen LogP contribution in [0.4, 0.5) is 0 Å². The normalized spacial score (nSPS) is 12.8. The van der Waals surface area contributed by atoms with Gasteiger partial charge in [-0.2, -0.15) is 0 Å². The fourth-order valence-corrected chi connectivity index (χ4v) is 1.55. The molecule has 0 bridgehead atoms. The van der Waals surface area contributed by atoms with Gasteiger partial charge in [0.15, 0.2) is 0 Å². The molecule has 0 saturated carbocycles. The van der Waals surface area contributed by atoms with Crippen molar-refractivity contribution in [1.29, 1.82) is 0 Å². The van der Waals surface area contributed by atoms with Crippen molar-refractivity contribution < 1.29 is 50.4 Å². The molecule has 0 aliphatic carbocycles. The molecule has 0 aromatic carbocycles. The second-order valence-electron chi connectivity index (χ2n) is 5.19. The van der Waals surface area contributed by atoms with Crippen molar-refractivity contribution in [3.63, 3.8) is 0 Å². The highest BCUT2D eigenvalue weighted by Gasteiger charge is 2.27. The Hall–Kier alpha value is -0.400. The molecule has 0 aromatic rings. The van der Waals surface area contributed by atoms with E-state index >= 15 is 0 Å². The summed E-state index contributed by atoms with van der Waals surface area (Å²) in [6, 6.07) is 0. The number of rotatable bonds is 15. The molecule has 0 unspecified atom stereocenters. The maximum atomic E-state index is 8.51. The summed E-state index contributed by atoms with van der Waals surface area (Å²) in [5.41, 5.74) is 0. The number of unbranched alkanes of at least 4 members (excludes halogenated alkanes) is 2. The average Bonchev–Trinajstić information content (AvgIpc) is 2.56. The zero-order chi connectivity index (χ0) is 16.9. The van der Waals surface area contributed by atoms with Gasteiger partial charge in [-0.15, -0.1) is 0 Å². The summed E-state index contributed by atoms with van der Waals surface area (Å²) in [7, 11) is 0. The summed E-state index contributed by atoms with van der Waals surface area (Å²) in [6.07, 6.45) is 2.98. The summed E-state index contributed by atoms with van der Waals surface area (Å²) in [5.74, 6) is -2.87. The molecule has 0 heterocycles. The molecule has 0 saturated heterocycles. The Morgan fingerprint density at radius 2 is 0.909 bits per heavy atom. The third-order valence-electron chi connectivity index (χ3n) is 3.07. The molecule has 0 amide bonds. The fourth-order valence-electron chi connectivity index (χ4n) is 1.55. The van der Waals surface area contributed by atoms with E-state index < -0.39 is 11.6 Å². The molecule has 0 rings (SSSR count). The van der Waals surface area contributed by atoms with Crippen LogP contribution in [0.5, 0.6) is 0 Å². The Morgan fingerprint density at radius 1 is 0.591 bits per heavy atom. The fraction of sp³-hybridized carbons (Fsp3) is 1.00. The molecular formula is C12H26O10. The van der Waals surface area contributed by atoms with Crippen LogP contribution < -0.4 is 0 Å². The first-order chi connectivity index (χ1) is 10.4. The molecule has 0 fully saturated rings. The lowest BCUT2D eigenvalue weighted by atomic mass is 10.1. The van der Waals surface area contributed by atoms with Gasteiger partial charge >= 0.3 is 0 Å². The van der Waals surface area contributed by atoms with Crippen molar-refractivity contribution in [3.05, 3.63) is 0 Å². The summed E-state index contributed by atoms with van der Waals surface area (Å²) in [5, 5.41) is 34.0.